The zero-order valence-corrected chi connectivity index (χ0v) is 44.7. The van der Waals surface area contributed by atoms with E-state index in [2.05, 4.69) is 70.8 Å². The molecule has 0 aromatic heterocycles. The number of allylic oxidation sites excluding steroid dienone is 3. The molecule has 0 radical (unpaired) electrons. The van der Waals surface area contributed by atoms with Crippen LogP contribution in [0.3, 0.4) is 0 Å². The van der Waals surface area contributed by atoms with Gasteiger partial charge in [0.1, 0.15) is 6.10 Å². The van der Waals surface area contributed by atoms with Crippen molar-refractivity contribution in [3.63, 3.8) is 0 Å². The smallest absolute Gasteiger partial charge is 0.411 e. The van der Waals surface area contributed by atoms with E-state index < -0.39 is 24.1 Å². The van der Waals surface area contributed by atoms with Crippen LogP contribution < -0.4 is 34.3 Å². The summed E-state index contributed by atoms with van der Waals surface area (Å²) < 4.78 is 42.6. The Kier molecular flexibility index (Phi) is 20.6. The zero-order valence-electron chi connectivity index (χ0n) is 41.8. The van der Waals surface area contributed by atoms with Crippen molar-refractivity contribution in [2.45, 2.75) is 86.0 Å². The number of carbonyl (C=O) groups excluding carboxylic acids is 4. The molecule has 2 heterocycles. The lowest BCUT2D eigenvalue weighted by molar-refractivity contribution is -0.118. The Hall–Kier alpha value is -5.60. The average Bonchev–Trinajstić information content (AvgIpc) is 3.72. The molecule has 376 valence electrons. The maximum Gasteiger partial charge on any atom is 0.411 e. The maximum atomic E-state index is 14.6. The first-order valence-electron chi connectivity index (χ1n) is 23.1. The highest BCUT2D eigenvalue weighted by atomic mass is 127. The number of methoxy groups -OCH3 is 4. The number of aliphatic hydroxyl groups excluding tert-OH is 1. The Morgan fingerprint density at radius 2 is 1.64 bits per heavy atom. The minimum Gasteiger partial charge on any atom is -0.492 e. The number of halogens is 1. The van der Waals surface area contributed by atoms with Crippen molar-refractivity contribution in [2.24, 2.45) is 17.8 Å². The average molecular weight is 1090 g/mol. The van der Waals surface area contributed by atoms with Crippen molar-refractivity contribution in [1.29, 1.82) is 0 Å². The van der Waals surface area contributed by atoms with Crippen LogP contribution in [0, 0.1) is 51.9 Å². The first-order chi connectivity index (χ1) is 33.5. The molecule has 0 fully saturated rings. The van der Waals surface area contributed by atoms with Gasteiger partial charge in [0.2, 0.25) is 5.75 Å². The topological polar surface area (TPSA) is 180 Å². The predicted molar refractivity (Wildman–Crippen MR) is 279 cm³/mol. The second-order valence-electron chi connectivity index (χ2n) is 17.2. The fraction of sp³-hybridized carbons (Fsp3) is 0.472. The van der Waals surface area contributed by atoms with Gasteiger partial charge in [-0.15, -0.1) is 5.92 Å². The van der Waals surface area contributed by atoms with Crippen LogP contribution in [0.4, 0.5) is 10.5 Å². The molecule has 2 aliphatic heterocycles. The number of ketones is 1. The van der Waals surface area contributed by atoms with Crippen molar-refractivity contribution in [1.82, 2.24) is 10.2 Å². The van der Waals surface area contributed by atoms with E-state index in [0.717, 1.165) is 38.5 Å². The third-order valence-electron chi connectivity index (χ3n) is 12.4. The number of thioether (sulfide) groups is 1. The van der Waals surface area contributed by atoms with Crippen LogP contribution in [0.1, 0.15) is 82.3 Å². The minimum atomic E-state index is -1.24. The van der Waals surface area contributed by atoms with Gasteiger partial charge in [-0.05, 0) is 95.5 Å². The number of Topliss-reactive ketones (excluding diaryl/α,β-unsaturated/α-hetero) is 1. The standard InChI is InChI=1S/C53H64IN3O12S/c1-12-14-15-16-17-18-42(46-37(19-20-70-34(7)58)40(59)24-41(60)48(46)56-53(62)66-11)68-28-31(4)32(5)29-69-44-23-39-38(22-43(44)67-27-30(3)13-2)52(61)57-26-35(21-36(57)25-55-39)45-33(6)47(54)50(64-9)51(65-10)49(45)63-8/h15-16,19,22-23,26,30-32,36,40,42,55,59H,13,20-21,24-25,27-29H2,1-11H3,(H,56,62)/b16-15-,37-19-/t30?,31?,32?,36?,40-,42-/m0/s1. The molecular formula is C53H64IN3O12S. The SMILES string of the molecule is CC#C/C=C\C#C[C@H](OCC(C)C(C)COc1cc2c(cc1OCC(C)CC)C(=O)N1C=C(c3c(C)c(I)c(OC)c(OC)c3OC)CC1CN2)C1=C(NC(=O)OC)C(=O)C[C@H](O)/C1=C/CSC(C)=O. The lowest BCUT2D eigenvalue weighted by Gasteiger charge is -2.30. The normalized spacial score (nSPS) is 18.7. The Bertz CT molecular complexity index is 2570. The zero-order chi connectivity index (χ0) is 51.2. The molecule has 2 aromatic rings. The number of anilines is 1. The van der Waals surface area contributed by atoms with Crippen molar-refractivity contribution in [3.8, 4) is 52.4 Å². The van der Waals surface area contributed by atoms with E-state index >= 15 is 0 Å². The summed E-state index contributed by atoms with van der Waals surface area (Å²) in [5.41, 5.74) is 4.20. The van der Waals surface area contributed by atoms with Crippen LogP contribution in [0.5, 0.6) is 28.7 Å². The second-order valence-corrected chi connectivity index (χ2v) is 19.5. The van der Waals surface area contributed by atoms with E-state index in [1.54, 1.807) is 51.4 Å². The van der Waals surface area contributed by atoms with Crippen LogP contribution in [0.15, 0.2) is 53.4 Å². The first kappa shape index (κ1) is 55.3. The number of benzene rings is 2. The fourth-order valence-corrected chi connectivity index (χ4v) is 9.23. The third kappa shape index (κ3) is 13.2. The minimum absolute atomic E-state index is 0.114. The van der Waals surface area contributed by atoms with Gasteiger partial charge in [0.05, 0.1) is 80.9 Å². The molecule has 3 N–H and O–H groups in total. The molecule has 15 nitrogen and oxygen atoms in total. The van der Waals surface area contributed by atoms with Gasteiger partial charge in [-0.2, -0.15) is 0 Å². The van der Waals surface area contributed by atoms with Gasteiger partial charge in [-0.3, -0.25) is 19.7 Å². The number of alkyl carbamates (subject to hydrolysis) is 1. The largest absolute Gasteiger partial charge is 0.492 e. The molecule has 0 spiro atoms. The molecule has 2 aromatic carbocycles. The molecule has 2 amide bonds. The number of carbonyl (C=O) groups is 4. The summed E-state index contributed by atoms with van der Waals surface area (Å²) >= 11 is 3.28. The molecule has 70 heavy (non-hydrogen) atoms. The molecule has 4 unspecified atom stereocenters. The quantitative estimate of drug-likeness (QED) is 0.0900. The van der Waals surface area contributed by atoms with Gasteiger partial charge >= 0.3 is 6.09 Å². The summed E-state index contributed by atoms with van der Waals surface area (Å²) in [5.74, 6) is 13.5. The van der Waals surface area contributed by atoms with Crippen molar-refractivity contribution >= 4 is 68.5 Å². The molecule has 6 atom stereocenters. The number of hydrogen-bond acceptors (Lipinski definition) is 14. The van der Waals surface area contributed by atoms with Crippen molar-refractivity contribution in [3.05, 3.63) is 73.7 Å². The van der Waals surface area contributed by atoms with Gasteiger partial charge in [-0.25, -0.2) is 4.79 Å². The van der Waals surface area contributed by atoms with E-state index in [9.17, 15) is 24.3 Å². The Morgan fingerprint density at radius 3 is 2.30 bits per heavy atom. The van der Waals surface area contributed by atoms with Gasteiger partial charge in [-0.1, -0.05) is 69.7 Å². The molecule has 0 saturated heterocycles. The predicted octanol–water partition coefficient (Wildman–Crippen LogP) is 8.50. The number of hydrogen-bond donors (Lipinski definition) is 3. The highest BCUT2D eigenvalue weighted by molar-refractivity contribution is 14.1. The molecule has 0 saturated carbocycles. The van der Waals surface area contributed by atoms with E-state index in [-0.39, 0.29) is 71.5 Å². The lowest BCUT2D eigenvalue weighted by atomic mass is 9.84. The molecular weight excluding hydrogens is 1030 g/mol. The number of rotatable bonds is 19. The van der Waals surface area contributed by atoms with Crippen LogP contribution in [0.2, 0.25) is 0 Å². The van der Waals surface area contributed by atoms with Gasteiger partial charge < -0.3 is 48.5 Å². The van der Waals surface area contributed by atoms with Crippen LogP contribution in [0.25, 0.3) is 5.57 Å². The molecule has 17 heteroatoms. The molecule has 3 aliphatic rings. The molecule has 5 rings (SSSR count). The molecule has 0 bridgehead atoms. The highest BCUT2D eigenvalue weighted by Crippen LogP contribution is 2.50. The number of nitrogens with zero attached hydrogens (tertiary/aromatic N) is 1. The number of aliphatic hydroxyl groups is 1. The van der Waals surface area contributed by atoms with E-state index in [4.69, 9.17) is 33.2 Å². The summed E-state index contributed by atoms with van der Waals surface area (Å²) in [6, 6.07) is 3.40. The maximum absolute atomic E-state index is 14.6. The van der Waals surface area contributed by atoms with E-state index in [0.29, 0.717) is 65.1 Å². The highest BCUT2D eigenvalue weighted by Gasteiger charge is 2.39. The third-order valence-corrected chi connectivity index (χ3v) is 14.4. The van der Waals surface area contributed by atoms with Crippen molar-refractivity contribution < 1.29 is 57.4 Å². The van der Waals surface area contributed by atoms with Gasteiger partial charge in [0.25, 0.3) is 5.91 Å². The summed E-state index contributed by atoms with van der Waals surface area (Å²) in [7, 11) is 5.95. The van der Waals surface area contributed by atoms with Crippen LogP contribution in [-0.4, -0.2) is 112 Å². The monoisotopic (exact) mass is 1090 g/mol. The van der Waals surface area contributed by atoms with Crippen molar-refractivity contribution in [2.75, 3.05) is 65.9 Å². The van der Waals surface area contributed by atoms with E-state index in [1.165, 1.54) is 20.1 Å². The second kappa shape index (κ2) is 26.0. The number of amides is 2. The number of nitrogens with one attached hydrogen (secondary N) is 2. The Balaban J connectivity index is 1.43. The fourth-order valence-electron chi connectivity index (χ4n) is 8.00. The number of fused-ring (bicyclic) bond motifs is 2. The summed E-state index contributed by atoms with van der Waals surface area (Å²) in [5, 5.41) is 17.1. The van der Waals surface area contributed by atoms with Crippen LogP contribution in [-0.2, 0) is 19.1 Å². The van der Waals surface area contributed by atoms with E-state index in [1.807, 2.05) is 33.0 Å². The first-order valence-corrected chi connectivity index (χ1v) is 25.1. The van der Waals surface area contributed by atoms with Gasteiger partial charge in [0, 0.05) is 49.0 Å². The van der Waals surface area contributed by atoms with Gasteiger partial charge in [0.15, 0.2) is 33.9 Å². The lowest BCUT2D eigenvalue weighted by Crippen LogP contribution is -2.39. The Morgan fingerprint density at radius 1 is 0.971 bits per heavy atom. The number of ether oxygens (including phenoxy) is 7. The summed E-state index contributed by atoms with van der Waals surface area (Å²) in [6.45, 7) is 14.6. The Labute approximate surface area is 429 Å². The summed E-state index contributed by atoms with van der Waals surface area (Å²) in [6.07, 6.45) is 4.58. The molecule has 1 aliphatic carbocycles. The van der Waals surface area contributed by atoms with Crippen LogP contribution >= 0.6 is 34.4 Å². The summed E-state index contributed by atoms with van der Waals surface area (Å²) in [4.78, 5) is 54.2.